The average molecular weight is 511 g/mol. The third-order valence-electron chi connectivity index (χ3n) is 8.23. The number of carbonyl (C=O) groups is 1. The lowest BCUT2D eigenvalue weighted by molar-refractivity contribution is -0.160. The quantitative estimate of drug-likeness (QED) is 0.190. The molecule has 0 aliphatic heterocycles. The molecule has 0 N–H and O–H groups in total. The van der Waals surface area contributed by atoms with Gasteiger partial charge in [0.25, 0.3) is 0 Å². The standard InChI is InChI=1S/C28H41Cl2NO3/c1-7-8-9-10-11-15-34-31-21-17-22-27(4,13-12-14-28(22,5)26(32)33-6)19-16-20(29)23(18(2)3)25(30)24(19)21/h16,18,22H,7-15,17H2,1-6H3/b31-21+/t22-,27-,28-/m1/s1. The van der Waals surface area contributed by atoms with Crippen LogP contribution in [0.3, 0.4) is 0 Å². The Hall–Kier alpha value is -1.26. The zero-order valence-electron chi connectivity index (χ0n) is 21.7. The third-order valence-corrected chi connectivity index (χ3v) is 8.93. The van der Waals surface area contributed by atoms with Gasteiger partial charge in [0.15, 0.2) is 0 Å². The molecule has 0 aromatic heterocycles. The van der Waals surface area contributed by atoms with Gasteiger partial charge < -0.3 is 9.57 Å². The summed E-state index contributed by atoms with van der Waals surface area (Å²) in [4.78, 5) is 18.9. The highest BCUT2D eigenvalue weighted by molar-refractivity contribution is 6.39. The van der Waals surface area contributed by atoms with Gasteiger partial charge in [-0.15, -0.1) is 0 Å². The average Bonchev–Trinajstić information content (AvgIpc) is 2.78. The number of benzene rings is 1. The molecule has 0 amide bonds. The summed E-state index contributed by atoms with van der Waals surface area (Å²) in [5.41, 5.74) is 2.96. The first-order chi connectivity index (χ1) is 16.1. The molecule has 34 heavy (non-hydrogen) atoms. The van der Waals surface area contributed by atoms with Crippen molar-refractivity contribution in [2.75, 3.05) is 13.7 Å². The van der Waals surface area contributed by atoms with E-state index in [0.717, 1.165) is 54.5 Å². The number of hydrogen-bond donors (Lipinski definition) is 0. The zero-order chi connectivity index (χ0) is 25.1. The van der Waals surface area contributed by atoms with E-state index in [0.29, 0.717) is 23.1 Å². The van der Waals surface area contributed by atoms with Crippen LogP contribution in [0, 0.1) is 11.3 Å². The van der Waals surface area contributed by atoms with Crippen LogP contribution in [0.25, 0.3) is 0 Å². The number of ether oxygens (including phenoxy) is 1. The van der Waals surface area contributed by atoms with E-state index >= 15 is 0 Å². The van der Waals surface area contributed by atoms with E-state index in [2.05, 4.69) is 38.9 Å². The zero-order valence-corrected chi connectivity index (χ0v) is 23.2. The van der Waals surface area contributed by atoms with Gasteiger partial charge in [0.05, 0.1) is 23.3 Å². The Labute approximate surface area is 215 Å². The molecule has 3 atom stereocenters. The van der Waals surface area contributed by atoms with Crippen molar-refractivity contribution >= 4 is 34.9 Å². The molecule has 0 saturated heterocycles. The van der Waals surface area contributed by atoms with E-state index in [4.69, 9.17) is 32.8 Å². The van der Waals surface area contributed by atoms with Gasteiger partial charge in [-0.25, -0.2) is 0 Å². The van der Waals surface area contributed by atoms with Crippen LogP contribution in [-0.4, -0.2) is 25.4 Å². The molecule has 3 rings (SSSR count). The molecule has 6 heteroatoms. The minimum absolute atomic E-state index is 0.0256. The van der Waals surface area contributed by atoms with Gasteiger partial charge in [0, 0.05) is 10.6 Å². The summed E-state index contributed by atoms with van der Waals surface area (Å²) in [6.45, 7) is 11.3. The molecular formula is C28H41Cl2NO3. The summed E-state index contributed by atoms with van der Waals surface area (Å²) in [6.07, 6.45) is 9.16. The fourth-order valence-corrected chi connectivity index (χ4v) is 7.29. The van der Waals surface area contributed by atoms with E-state index in [1.807, 2.05) is 6.92 Å². The Morgan fingerprint density at radius 3 is 2.53 bits per heavy atom. The van der Waals surface area contributed by atoms with Crippen molar-refractivity contribution in [3.63, 3.8) is 0 Å². The van der Waals surface area contributed by atoms with E-state index in [-0.39, 0.29) is 23.2 Å². The molecule has 190 valence electrons. The molecule has 0 bridgehead atoms. The number of unbranched alkanes of at least 4 members (excludes halogenated alkanes) is 4. The summed E-state index contributed by atoms with van der Waals surface area (Å²) in [6, 6.07) is 2.08. The second kappa shape index (κ2) is 11.2. The predicted octanol–water partition coefficient (Wildman–Crippen LogP) is 8.45. The number of esters is 1. The second-order valence-corrected chi connectivity index (χ2v) is 11.7. The normalized spacial score (nSPS) is 27.4. The number of carbonyl (C=O) groups excluding carboxylic acids is 1. The Bertz CT molecular complexity index is 929. The Kier molecular flexibility index (Phi) is 9.01. The highest BCUT2D eigenvalue weighted by Crippen LogP contribution is 2.59. The lowest BCUT2D eigenvalue weighted by atomic mass is 9.49. The first-order valence-electron chi connectivity index (χ1n) is 12.9. The van der Waals surface area contributed by atoms with Crippen molar-refractivity contribution in [1.29, 1.82) is 0 Å². The molecule has 1 aromatic rings. The predicted molar refractivity (Wildman–Crippen MR) is 141 cm³/mol. The lowest BCUT2D eigenvalue weighted by Gasteiger charge is -2.54. The molecule has 2 aliphatic carbocycles. The highest BCUT2D eigenvalue weighted by Gasteiger charge is 2.57. The van der Waals surface area contributed by atoms with Crippen molar-refractivity contribution < 1.29 is 14.4 Å². The van der Waals surface area contributed by atoms with Gasteiger partial charge in [0.2, 0.25) is 0 Å². The molecule has 4 nitrogen and oxygen atoms in total. The van der Waals surface area contributed by atoms with Crippen LogP contribution in [-0.2, 0) is 19.8 Å². The Morgan fingerprint density at radius 1 is 1.18 bits per heavy atom. The van der Waals surface area contributed by atoms with Crippen molar-refractivity contribution in [1.82, 2.24) is 0 Å². The topological polar surface area (TPSA) is 47.9 Å². The van der Waals surface area contributed by atoms with Crippen LogP contribution >= 0.6 is 23.2 Å². The fourth-order valence-electron chi connectivity index (χ4n) is 6.29. The number of oxime groups is 1. The van der Waals surface area contributed by atoms with Gasteiger partial charge in [0.1, 0.15) is 6.61 Å². The van der Waals surface area contributed by atoms with Gasteiger partial charge in [-0.3, -0.25) is 4.79 Å². The molecule has 0 spiro atoms. The smallest absolute Gasteiger partial charge is 0.311 e. The minimum atomic E-state index is -0.601. The van der Waals surface area contributed by atoms with E-state index in [1.54, 1.807) is 0 Å². The van der Waals surface area contributed by atoms with E-state index < -0.39 is 5.41 Å². The monoisotopic (exact) mass is 509 g/mol. The first kappa shape index (κ1) is 27.3. The maximum atomic E-state index is 13.0. The van der Waals surface area contributed by atoms with Crippen molar-refractivity contribution in [3.05, 3.63) is 32.8 Å². The van der Waals surface area contributed by atoms with E-state index in [1.165, 1.54) is 26.4 Å². The summed E-state index contributed by atoms with van der Waals surface area (Å²) < 4.78 is 5.29. The van der Waals surface area contributed by atoms with Gasteiger partial charge >= 0.3 is 5.97 Å². The fraction of sp³-hybridized carbons (Fsp3) is 0.714. The van der Waals surface area contributed by atoms with Crippen molar-refractivity contribution in [2.24, 2.45) is 16.5 Å². The Morgan fingerprint density at radius 2 is 1.88 bits per heavy atom. The second-order valence-electron chi connectivity index (χ2n) is 10.9. The maximum Gasteiger partial charge on any atom is 0.311 e. The van der Waals surface area contributed by atoms with E-state index in [9.17, 15) is 4.79 Å². The van der Waals surface area contributed by atoms with Crippen LogP contribution in [0.1, 0.15) is 115 Å². The molecule has 1 aromatic carbocycles. The van der Waals surface area contributed by atoms with Crippen molar-refractivity contribution in [2.45, 2.75) is 104 Å². The largest absolute Gasteiger partial charge is 0.469 e. The number of nitrogens with zero attached hydrogens (tertiary/aromatic N) is 1. The molecular weight excluding hydrogens is 469 g/mol. The molecule has 1 saturated carbocycles. The summed E-state index contributed by atoms with van der Waals surface area (Å²) in [7, 11) is 1.48. The van der Waals surface area contributed by atoms with Gasteiger partial charge in [-0.05, 0) is 73.5 Å². The third kappa shape index (κ3) is 5.00. The summed E-state index contributed by atoms with van der Waals surface area (Å²) in [5, 5.41) is 6.00. The number of fused-ring (bicyclic) bond motifs is 3. The number of methoxy groups -OCH3 is 1. The summed E-state index contributed by atoms with van der Waals surface area (Å²) >= 11 is 13.9. The molecule has 0 radical (unpaired) electrons. The van der Waals surface area contributed by atoms with Crippen LogP contribution in [0.2, 0.25) is 10.0 Å². The van der Waals surface area contributed by atoms with Crippen LogP contribution in [0.15, 0.2) is 11.2 Å². The molecule has 0 unspecified atom stereocenters. The summed E-state index contributed by atoms with van der Waals surface area (Å²) in [5.74, 6) is 0.0555. The van der Waals surface area contributed by atoms with Gasteiger partial charge in [-0.1, -0.05) is 81.7 Å². The number of hydrogen-bond acceptors (Lipinski definition) is 4. The van der Waals surface area contributed by atoms with Crippen LogP contribution in [0.4, 0.5) is 0 Å². The number of rotatable bonds is 9. The lowest BCUT2D eigenvalue weighted by Crippen LogP contribution is -2.54. The first-order valence-corrected chi connectivity index (χ1v) is 13.7. The van der Waals surface area contributed by atoms with Crippen LogP contribution in [0.5, 0.6) is 0 Å². The van der Waals surface area contributed by atoms with Crippen molar-refractivity contribution in [3.8, 4) is 0 Å². The highest BCUT2D eigenvalue weighted by atomic mass is 35.5. The Balaban J connectivity index is 2.06. The molecule has 2 aliphatic rings. The molecule has 1 fully saturated rings. The minimum Gasteiger partial charge on any atom is -0.469 e. The maximum absolute atomic E-state index is 13.0. The number of halogens is 2. The SMILES string of the molecule is CCCCCCCO/N=C1\C[C@H]2[C@](C)(C(=O)OC)CCC[C@]2(C)c2cc(Cl)c(C(C)C)c(Cl)c21. The van der Waals surface area contributed by atoms with Gasteiger partial charge in [-0.2, -0.15) is 0 Å². The molecule has 0 heterocycles. The van der Waals surface area contributed by atoms with Crippen LogP contribution < -0.4 is 0 Å².